The fourth-order valence-corrected chi connectivity index (χ4v) is 5.49. The lowest BCUT2D eigenvalue weighted by Gasteiger charge is -2.23. The second kappa shape index (κ2) is 13.7. The Morgan fingerprint density at radius 2 is 1.64 bits per heavy atom. The Labute approximate surface area is 200 Å². The maximum atomic E-state index is 13.4. The van der Waals surface area contributed by atoms with E-state index in [4.69, 9.17) is 0 Å². The third kappa shape index (κ3) is 8.40. The molecule has 2 aromatic rings. The number of benzene rings is 2. The molecule has 6 nitrogen and oxygen atoms in total. The normalized spacial score (nSPS) is 13.0. The summed E-state index contributed by atoms with van der Waals surface area (Å²) in [4.78, 5) is 15.2. The zero-order valence-electron chi connectivity index (χ0n) is 20.7. The zero-order valence-corrected chi connectivity index (χ0v) is 21.5. The van der Waals surface area contributed by atoms with Crippen LogP contribution in [0, 0.1) is 0 Å². The molecule has 1 unspecified atom stereocenters. The fraction of sp³-hybridized carbons (Fsp3) is 0.577. The lowest BCUT2D eigenvalue weighted by Crippen LogP contribution is -2.38. The van der Waals surface area contributed by atoms with Crippen molar-refractivity contribution >= 4 is 26.7 Å². The van der Waals surface area contributed by atoms with Crippen LogP contribution >= 0.6 is 0 Å². The van der Waals surface area contributed by atoms with Gasteiger partial charge in [-0.2, -0.15) is 4.31 Å². The van der Waals surface area contributed by atoms with Crippen LogP contribution in [0.2, 0.25) is 0 Å². The van der Waals surface area contributed by atoms with Gasteiger partial charge in [-0.15, -0.1) is 0 Å². The van der Waals surface area contributed by atoms with Gasteiger partial charge in [0.1, 0.15) is 0 Å². The van der Waals surface area contributed by atoms with Gasteiger partial charge in [-0.25, -0.2) is 8.42 Å². The minimum absolute atomic E-state index is 0.0780. The Balaban J connectivity index is 1.97. The average Bonchev–Trinajstić information content (AvgIpc) is 2.81. The number of nitrogens with zero attached hydrogens (tertiary/aromatic N) is 2. The van der Waals surface area contributed by atoms with Gasteiger partial charge in [-0.3, -0.25) is 4.79 Å². The predicted molar refractivity (Wildman–Crippen MR) is 137 cm³/mol. The van der Waals surface area contributed by atoms with Crippen LogP contribution in [0.1, 0.15) is 59.8 Å². The number of carbonyl (C=O) groups excluding carboxylic acids is 1. The van der Waals surface area contributed by atoms with Crippen molar-refractivity contribution in [3.8, 4) is 0 Å². The van der Waals surface area contributed by atoms with Gasteiger partial charge in [0.05, 0.1) is 4.90 Å². The van der Waals surface area contributed by atoms with E-state index in [1.165, 1.54) is 4.31 Å². The van der Waals surface area contributed by atoms with Crippen LogP contribution in [0.25, 0.3) is 10.8 Å². The molecule has 0 fully saturated rings. The average molecular weight is 476 g/mol. The summed E-state index contributed by atoms with van der Waals surface area (Å²) in [5.41, 5.74) is 0. The largest absolute Gasteiger partial charge is 0.354 e. The van der Waals surface area contributed by atoms with Crippen molar-refractivity contribution in [1.82, 2.24) is 14.5 Å². The van der Waals surface area contributed by atoms with Crippen molar-refractivity contribution < 1.29 is 13.2 Å². The Kier molecular flexibility index (Phi) is 11.3. The molecular formula is C26H41N3O3S. The molecule has 7 heteroatoms. The highest BCUT2D eigenvalue weighted by Crippen LogP contribution is 2.22. The molecule has 1 amide bonds. The van der Waals surface area contributed by atoms with Gasteiger partial charge in [-0.05, 0) is 68.7 Å². The quantitative estimate of drug-likeness (QED) is 0.407. The smallest absolute Gasteiger partial charge is 0.243 e. The predicted octanol–water partition coefficient (Wildman–Crippen LogP) is 4.65. The Hall–Kier alpha value is -1.96. The summed E-state index contributed by atoms with van der Waals surface area (Å²) in [7, 11) is -3.67. The Morgan fingerprint density at radius 3 is 2.30 bits per heavy atom. The molecule has 33 heavy (non-hydrogen) atoms. The number of carbonyl (C=O) groups is 1. The van der Waals surface area contributed by atoms with Gasteiger partial charge in [0.25, 0.3) is 0 Å². The number of fused-ring (bicyclic) bond motifs is 1. The van der Waals surface area contributed by atoms with E-state index in [1.807, 2.05) is 44.2 Å². The summed E-state index contributed by atoms with van der Waals surface area (Å²) in [5.74, 6) is -0.0967. The molecule has 0 aromatic heterocycles. The number of sulfonamides is 1. The van der Waals surface area contributed by atoms with E-state index in [0.29, 0.717) is 6.54 Å². The van der Waals surface area contributed by atoms with Crippen molar-refractivity contribution in [3.63, 3.8) is 0 Å². The van der Waals surface area contributed by atoms with E-state index in [9.17, 15) is 13.2 Å². The highest BCUT2D eigenvalue weighted by molar-refractivity contribution is 7.89. The molecule has 0 heterocycles. The van der Waals surface area contributed by atoms with Gasteiger partial charge in [0.15, 0.2) is 0 Å². The second-order valence-electron chi connectivity index (χ2n) is 8.65. The van der Waals surface area contributed by atoms with Gasteiger partial charge in [0, 0.05) is 25.6 Å². The van der Waals surface area contributed by atoms with E-state index in [1.54, 1.807) is 12.1 Å². The molecule has 0 radical (unpaired) electrons. The standard InChI is InChI=1S/C26H41N3O3S/c1-5-8-19-29(20-17-26(30)27-22(4)12-11-18-28(6-2)7-3)33(31,32)25-16-15-23-13-9-10-14-24(23)21-25/h9-10,13-16,21-22H,5-8,11-12,17-20H2,1-4H3,(H,27,30). The van der Waals surface area contributed by atoms with Crippen molar-refractivity contribution in [3.05, 3.63) is 42.5 Å². The molecule has 1 N–H and O–H groups in total. The summed E-state index contributed by atoms with van der Waals surface area (Å²) in [5, 5.41) is 4.94. The van der Waals surface area contributed by atoms with Crippen molar-refractivity contribution in [1.29, 1.82) is 0 Å². The highest BCUT2D eigenvalue weighted by Gasteiger charge is 2.25. The maximum Gasteiger partial charge on any atom is 0.243 e. The lowest BCUT2D eigenvalue weighted by atomic mass is 10.1. The topological polar surface area (TPSA) is 69.7 Å². The molecule has 0 bridgehead atoms. The van der Waals surface area contributed by atoms with Crippen LogP contribution in [0.4, 0.5) is 0 Å². The summed E-state index contributed by atoms with van der Waals surface area (Å²) >= 11 is 0. The van der Waals surface area contributed by atoms with Gasteiger partial charge >= 0.3 is 0 Å². The molecule has 0 aliphatic heterocycles. The third-order valence-electron chi connectivity index (χ3n) is 6.12. The molecule has 0 aliphatic carbocycles. The minimum Gasteiger partial charge on any atom is -0.354 e. The molecule has 0 spiro atoms. The van der Waals surface area contributed by atoms with Crippen LogP contribution in [-0.4, -0.2) is 62.3 Å². The SMILES string of the molecule is CCCCN(CCC(=O)NC(C)CCCN(CC)CC)S(=O)(=O)c1ccc2ccccc2c1. The van der Waals surface area contributed by atoms with Crippen LogP contribution < -0.4 is 5.32 Å². The summed E-state index contributed by atoms with van der Waals surface area (Å²) < 4.78 is 28.2. The number of hydrogen-bond acceptors (Lipinski definition) is 4. The van der Waals surface area contributed by atoms with E-state index < -0.39 is 10.0 Å². The molecule has 2 aromatic carbocycles. The monoisotopic (exact) mass is 475 g/mol. The van der Waals surface area contributed by atoms with Crippen LogP contribution in [0.3, 0.4) is 0 Å². The first-order chi connectivity index (χ1) is 15.8. The van der Waals surface area contributed by atoms with Crippen LogP contribution in [-0.2, 0) is 14.8 Å². The van der Waals surface area contributed by atoms with Crippen LogP contribution in [0.15, 0.2) is 47.4 Å². The van der Waals surface area contributed by atoms with E-state index in [2.05, 4.69) is 24.1 Å². The summed E-state index contributed by atoms with van der Waals surface area (Å²) in [6.45, 7) is 12.1. The van der Waals surface area contributed by atoms with Crippen molar-refractivity contribution in [2.24, 2.45) is 0 Å². The van der Waals surface area contributed by atoms with Gasteiger partial charge in [-0.1, -0.05) is 57.5 Å². The van der Waals surface area contributed by atoms with Crippen LogP contribution in [0.5, 0.6) is 0 Å². The Bertz CT molecular complexity index is 974. The molecular weight excluding hydrogens is 434 g/mol. The molecule has 1 atom stereocenters. The lowest BCUT2D eigenvalue weighted by molar-refractivity contribution is -0.121. The molecule has 2 rings (SSSR count). The summed E-state index contributed by atoms with van der Waals surface area (Å²) in [6, 6.07) is 13.0. The zero-order chi connectivity index (χ0) is 24.3. The minimum atomic E-state index is -3.67. The number of unbranched alkanes of at least 4 members (excludes halogenated alkanes) is 1. The first-order valence-corrected chi connectivity index (χ1v) is 13.8. The van der Waals surface area contributed by atoms with Crippen molar-refractivity contribution in [2.75, 3.05) is 32.7 Å². The number of hydrogen-bond donors (Lipinski definition) is 1. The highest BCUT2D eigenvalue weighted by atomic mass is 32.2. The van der Waals surface area contributed by atoms with Crippen molar-refractivity contribution in [2.45, 2.75) is 70.7 Å². The molecule has 0 aliphatic rings. The van der Waals surface area contributed by atoms with Gasteiger partial charge < -0.3 is 10.2 Å². The molecule has 184 valence electrons. The number of rotatable bonds is 15. The first-order valence-electron chi connectivity index (χ1n) is 12.3. The first kappa shape index (κ1) is 27.3. The second-order valence-corrected chi connectivity index (χ2v) is 10.6. The fourth-order valence-electron chi connectivity index (χ4n) is 3.97. The van der Waals surface area contributed by atoms with Gasteiger partial charge in [0.2, 0.25) is 15.9 Å². The maximum absolute atomic E-state index is 13.4. The van der Waals surface area contributed by atoms with E-state index in [-0.39, 0.29) is 29.8 Å². The number of amides is 1. The molecule has 0 saturated carbocycles. The third-order valence-corrected chi connectivity index (χ3v) is 8.02. The van der Waals surface area contributed by atoms with E-state index >= 15 is 0 Å². The molecule has 0 saturated heterocycles. The van der Waals surface area contributed by atoms with E-state index in [0.717, 1.165) is 56.1 Å². The number of nitrogens with one attached hydrogen (secondary N) is 1. The Morgan fingerprint density at radius 1 is 0.939 bits per heavy atom. The summed E-state index contributed by atoms with van der Waals surface area (Å²) in [6.07, 6.45) is 3.76.